The van der Waals surface area contributed by atoms with Crippen molar-refractivity contribution in [3.05, 3.63) is 51.6 Å². The molecule has 1 amide bonds. The van der Waals surface area contributed by atoms with Gasteiger partial charge in [-0.3, -0.25) is 9.52 Å². The minimum absolute atomic E-state index is 0.197. The molecule has 2 heterocycles. The lowest BCUT2D eigenvalue weighted by atomic mass is 9.95. The number of nitrogens with one attached hydrogen (secondary N) is 2. The number of H-pyrrole nitrogens is 1. The van der Waals surface area contributed by atoms with E-state index in [1.807, 2.05) is 4.72 Å². The number of rotatable bonds is 4. The van der Waals surface area contributed by atoms with Crippen LogP contribution in [0.2, 0.25) is 0 Å². The average Bonchev–Trinajstić information content (AvgIpc) is 3.02. The molecule has 134 valence electrons. The number of imidazole rings is 1. The molecule has 0 saturated heterocycles. The zero-order valence-electron chi connectivity index (χ0n) is 13.2. The van der Waals surface area contributed by atoms with E-state index >= 15 is 0 Å². The molecule has 1 atom stereocenters. The number of aromatic nitrogens is 2. The second-order valence-corrected chi connectivity index (χ2v) is 8.14. The van der Waals surface area contributed by atoms with Crippen molar-refractivity contribution in [3.63, 3.8) is 0 Å². The molecule has 0 spiro atoms. The number of aromatic amines is 1. The van der Waals surface area contributed by atoms with Crippen LogP contribution in [0, 0.1) is 16.4 Å². The fourth-order valence-corrected chi connectivity index (χ4v) is 3.88. The van der Waals surface area contributed by atoms with Crippen LogP contribution in [0.15, 0.2) is 18.2 Å². The van der Waals surface area contributed by atoms with Crippen LogP contribution in [-0.2, 0) is 34.2 Å². The number of sulfonamides is 1. The molecule has 3 rings (SSSR count). The highest BCUT2D eigenvalue weighted by molar-refractivity contribution is 7.89. The molecular formula is C15H15F2N3O3S2. The summed E-state index contributed by atoms with van der Waals surface area (Å²) in [7, 11) is -3.65. The van der Waals surface area contributed by atoms with Crippen LogP contribution in [0.1, 0.15) is 22.9 Å². The molecular weight excluding hydrogens is 372 g/mol. The van der Waals surface area contributed by atoms with Gasteiger partial charge in [0.25, 0.3) is 0 Å². The van der Waals surface area contributed by atoms with Crippen molar-refractivity contribution in [1.82, 2.24) is 14.3 Å². The molecule has 1 aliphatic heterocycles. The first-order chi connectivity index (χ1) is 11.6. The summed E-state index contributed by atoms with van der Waals surface area (Å²) in [5, 5.41) is 0. The SMILES string of the molecule is CS(=O)(=O)NC(=O)Cc1[nH]c(=S)n2c1CC(c1cc(F)ccc1F)C2. The van der Waals surface area contributed by atoms with Gasteiger partial charge in [0.15, 0.2) is 4.77 Å². The summed E-state index contributed by atoms with van der Waals surface area (Å²) < 4.78 is 53.7. The topological polar surface area (TPSA) is 84.0 Å². The highest BCUT2D eigenvalue weighted by Crippen LogP contribution is 2.33. The van der Waals surface area contributed by atoms with Crippen molar-refractivity contribution < 1.29 is 22.0 Å². The Morgan fingerprint density at radius 2 is 2.16 bits per heavy atom. The van der Waals surface area contributed by atoms with Gasteiger partial charge in [0.05, 0.1) is 12.7 Å². The second kappa shape index (κ2) is 6.34. The lowest BCUT2D eigenvalue weighted by Crippen LogP contribution is -2.31. The van der Waals surface area contributed by atoms with E-state index in [2.05, 4.69) is 4.98 Å². The number of hydrogen-bond donors (Lipinski definition) is 2. The quantitative estimate of drug-likeness (QED) is 0.784. The van der Waals surface area contributed by atoms with Gasteiger partial charge >= 0.3 is 0 Å². The van der Waals surface area contributed by atoms with E-state index in [0.717, 1.165) is 24.5 Å². The van der Waals surface area contributed by atoms with Crippen LogP contribution in [0.5, 0.6) is 0 Å². The van der Waals surface area contributed by atoms with Gasteiger partial charge in [-0.1, -0.05) is 0 Å². The molecule has 0 aliphatic carbocycles. The number of carbonyl (C=O) groups excluding carboxylic acids is 1. The van der Waals surface area contributed by atoms with Gasteiger partial charge in [-0.2, -0.15) is 0 Å². The third kappa shape index (κ3) is 3.79. The number of benzene rings is 1. The summed E-state index contributed by atoms with van der Waals surface area (Å²) in [4.78, 5) is 14.7. The molecule has 0 bridgehead atoms. The standard InChI is InChI=1S/C15H15F2N3O3S2/c1-25(22,23)19-14(21)6-12-13-4-8(7-20(13)15(24)18-12)10-5-9(16)2-3-11(10)17/h2-3,5,8H,4,6-7H2,1H3,(H,18,24)(H,19,21). The number of halogens is 2. The van der Waals surface area contributed by atoms with E-state index in [4.69, 9.17) is 12.2 Å². The lowest BCUT2D eigenvalue weighted by molar-refractivity contribution is -0.118. The largest absolute Gasteiger partial charge is 0.334 e. The maximum absolute atomic E-state index is 14.0. The lowest BCUT2D eigenvalue weighted by Gasteiger charge is -2.11. The summed E-state index contributed by atoms with van der Waals surface area (Å²) >= 11 is 5.21. The predicted octanol–water partition coefficient (Wildman–Crippen LogP) is 1.78. The third-order valence-electron chi connectivity index (χ3n) is 4.05. The molecule has 0 fully saturated rings. The molecule has 0 saturated carbocycles. The Balaban J connectivity index is 1.86. The monoisotopic (exact) mass is 387 g/mol. The zero-order valence-corrected chi connectivity index (χ0v) is 14.8. The van der Waals surface area contributed by atoms with E-state index in [1.165, 1.54) is 0 Å². The van der Waals surface area contributed by atoms with Crippen molar-refractivity contribution in [2.75, 3.05) is 6.26 Å². The summed E-state index contributed by atoms with van der Waals surface area (Å²) in [5.41, 5.74) is 1.43. The predicted molar refractivity (Wildman–Crippen MR) is 89.1 cm³/mol. The minimum atomic E-state index is -3.65. The molecule has 25 heavy (non-hydrogen) atoms. The van der Waals surface area contributed by atoms with Crippen molar-refractivity contribution in [3.8, 4) is 0 Å². The smallest absolute Gasteiger partial charge is 0.239 e. The van der Waals surface area contributed by atoms with Crippen LogP contribution in [0.4, 0.5) is 8.78 Å². The van der Waals surface area contributed by atoms with Gasteiger partial charge in [0.2, 0.25) is 15.9 Å². The summed E-state index contributed by atoms with van der Waals surface area (Å²) in [6.07, 6.45) is 1.06. The van der Waals surface area contributed by atoms with Gasteiger partial charge in [0, 0.05) is 23.9 Å². The highest BCUT2D eigenvalue weighted by Gasteiger charge is 2.29. The number of nitrogens with zero attached hydrogens (tertiary/aromatic N) is 1. The van der Waals surface area contributed by atoms with E-state index in [0.29, 0.717) is 29.1 Å². The van der Waals surface area contributed by atoms with Gasteiger partial charge in [0.1, 0.15) is 11.6 Å². The molecule has 2 aromatic rings. The van der Waals surface area contributed by atoms with Crippen molar-refractivity contribution >= 4 is 28.1 Å². The molecule has 1 unspecified atom stereocenters. The zero-order chi connectivity index (χ0) is 18.4. The van der Waals surface area contributed by atoms with E-state index < -0.39 is 27.6 Å². The summed E-state index contributed by atoms with van der Waals surface area (Å²) in [6, 6.07) is 3.30. The number of carbonyl (C=O) groups is 1. The maximum Gasteiger partial charge on any atom is 0.239 e. The van der Waals surface area contributed by atoms with Crippen molar-refractivity contribution in [2.45, 2.75) is 25.3 Å². The third-order valence-corrected chi connectivity index (χ3v) is 4.98. The van der Waals surface area contributed by atoms with E-state index in [-0.39, 0.29) is 17.9 Å². The van der Waals surface area contributed by atoms with E-state index in [9.17, 15) is 22.0 Å². The van der Waals surface area contributed by atoms with Gasteiger partial charge in [-0.25, -0.2) is 17.2 Å². The number of hydrogen-bond acceptors (Lipinski definition) is 4. The van der Waals surface area contributed by atoms with Crippen LogP contribution in [-0.4, -0.2) is 30.1 Å². The average molecular weight is 387 g/mol. The fraction of sp³-hybridized carbons (Fsp3) is 0.333. The van der Waals surface area contributed by atoms with Crippen LogP contribution in [0.25, 0.3) is 0 Å². The molecule has 1 aliphatic rings. The molecule has 2 N–H and O–H groups in total. The Morgan fingerprint density at radius 3 is 2.84 bits per heavy atom. The minimum Gasteiger partial charge on any atom is -0.334 e. The highest BCUT2D eigenvalue weighted by atomic mass is 32.2. The Morgan fingerprint density at radius 1 is 1.44 bits per heavy atom. The van der Waals surface area contributed by atoms with Gasteiger partial charge < -0.3 is 9.55 Å². The molecule has 0 radical (unpaired) electrons. The molecule has 10 heteroatoms. The summed E-state index contributed by atoms with van der Waals surface area (Å²) in [5.74, 6) is -2.02. The fourth-order valence-electron chi connectivity index (χ4n) is 3.08. The first-order valence-corrected chi connectivity index (χ1v) is 9.70. The van der Waals surface area contributed by atoms with Crippen LogP contribution >= 0.6 is 12.2 Å². The Bertz CT molecular complexity index is 1010. The second-order valence-electron chi connectivity index (χ2n) is 6.01. The molecule has 6 nitrogen and oxygen atoms in total. The first kappa shape index (κ1) is 17.7. The number of fused-ring (bicyclic) bond motifs is 1. The Kier molecular flexibility index (Phi) is 4.50. The first-order valence-electron chi connectivity index (χ1n) is 7.40. The summed E-state index contributed by atoms with van der Waals surface area (Å²) in [6.45, 7) is 0.360. The number of amides is 1. The van der Waals surface area contributed by atoms with Gasteiger partial charge in [-0.15, -0.1) is 0 Å². The van der Waals surface area contributed by atoms with Crippen LogP contribution in [0.3, 0.4) is 0 Å². The molecule has 1 aromatic carbocycles. The van der Waals surface area contributed by atoms with Crippen LogP contribution < -0.4 is 4.72 Å². The Hall–Kier alpha value is -2.07. The van der Waals surface area contributed by atoms with Gasteiger partial charge in [-0.05, 0) is 42.4 Å². The van der Waals surface area contributed by atoms with E-state index in [1.54, 1.807) is 4.57 Å². The molecule has 1 aromatic heterocycles. The van der Waals surface area contributed by atoms with Crippen molar-refractivity contribution in [2.24, 2.45) is 0 Å². The maximum atomic E-state index is 14.0. The van der Waals surface area contributed by atoms with Crippen molar-refractivity contribution in [1.29, 1.82) is 0 Å². The normalized spacial score (nSPS) is 16.7. The Labute approximate surface area is 147 Å².